The van der Waals surface area contributed by atoms with Crippen LogP contribution in [0.3, 0.4) is 0 Å². The number of hydrogen-bond donors (Lipinski definition) is 0. The summed E-state index contributed by atoms with van der Waals surface area (Å²) in [7, 11) is 0. The summed E-state index contributed by atoms with van der Waals surface area (Å²) in [6.07, 6.45) is 0. The highest BCUT2D eigenvalue weighted by atomic mass is 15.2. The predicted molar refractivity (Wildman–Crippen MR) is 224 cm³/mol. The van der Waals surface area contributed by atoms with Gasteiger partial charge in [0.1, 0.15) is 0 Å². The van der Waals surface area contributed by atoms with Gasteiger partial charge in [0.2, 0.25) is 0 Å². The van der Waals surface area contributed by atoms with E-state index >= 15 is 0 Å². The quantitative estimate of drug-likeness (QED) is 0.158. The second kappa shape index (κ2) is 13.5. The Morgan fingerprint density at radius 3 is 1.13 bits per heavy atom. The normalized spacial score (nSPS) is 12.5. The van der Waals surface area contributed by atoms with Crippen molar-refractivity contribution >= 4 is 34.1 Å². The van der Waals surface area contributed by atoms with Gasteiger partial charge in [-0.25, -0.2) is 0 Å². The van der Waals surface area contributed by atoms with Gasteiger partial charge in [-0.15, -0.1) is 0 Å². The summed E-state index contributed by atoms with van der Waals surface area (Å²) in [5, 5.41) is 0. The second-order valence-electron chi connectivity index (χ2n) is 14.3. The summed E-state index contributed by atoms with van der Waals surface area (Å²) in [6, 6.07) is 74.4. The number of hydrogen-bond acceptors (Lipinski definition) is 2. The molecule has 53 heavy (non-hydrogen) atoms. The van der Waals surface area contributed by atoms with Crippen LogP contribution in [0, 0.1) is 0 Å². The zero-order valence-corrected chi connectivity index (χ0v) is 30.0. The maximum absolute atomic E-state index is 2.40. The van der Waals surface area contributed by atoms with Crippen LogP contribution in [-0.2, 0) is 5.41 Å². The number of nitrogens with zero attached hydrogens (tertiary/aromatic N) is 2. The average molecular weight is 681 g/mol. The van der Waals surface area contributed by atoms with Crippen molar-refractivity contribution in [3.63, 3.8) is 0 Å². The van der Waals surface area contributed by atoms with Gasteiger partial charge in [0.15, 0.2) is 0 Å². The van der Waals surface area contributed by atoms with E-state index in [1.54, 1.807) is 0 Å². The lowest BCUT2D eigenvalue weighted by molar-refractivity contribution is 0.660. The molecule has 0 fully saturated rings. The minimum absolute atomic E-state index is 0.0362. The van der Waals surface area contributed by atoms with Gasteiger partial charge in [0, 0.05) is 39.5 Å². The van der Waals surface area contributed by atoms with Crippen LogP contribution in [0.25, 0.3) is 33.4 Å². The molecule has 8 aromatic carbocycles. The van der Waals surface area contributed by atoms with E-state index < -0.39 is 0 Å². The van der Waals surface area contributed by atoms with Gasteiger partial charge in [-0.3, -0.25) is 0 Å². The van der Waals surface area contributed by atoms with Gasteiger partial charge < -0.3 is 9.80 Å². The van der Waals surface area contributed by atoms with Crippen LogP contribution >= 0.6 is 0 Å². The van der Waals surface area contributed by atoms with Crippen molar-refractivity contribution in [3.05, 3.63) is 217 Å². The molecule has 0 unspecified atom stereocenters. The molecule has 8 aromatic rings. The molecule has 0 heterocycles. The van der Waals surface area contributed by atoms with Gasteiger partial charge in [0.25, 0.3) is 0 Å². The molecule has 0 aliphatic heterocycles. The van der Waals surface area contributed by atoms with Gasteiger partial charge >= 0.3 is 0 Å². The van der Waals surface area contributed by atoms with E-state index in [9.17, 15) is 0 Å². The number of benzene rings is 8. The maximum Gasteiger partial charge on any atom is 0.0488 e. The molecule has 0 atom stereocenters. The lowest BCUT2D eigenvalue weighted by atomic mass is 9.81. The largest absolute Gasteiger partial charge is 0.310 e. The lowest BCUT2D eigenvalue weighted by Crippen LogP contribution is -2.14. The molecule has 0 saturated carbocycles. The third kappa shape index (κ3) is 5.99. The smallest absolute Gasteiger partial charge is 0.0488 e. The number of fused-ring (bicyclic) bond motifs is 3. The Morgan fingerprint density at radius 2 is 0.660 bits per heavy atom. The molecule has 2 heteroatoms. The summed E-state index contributed by atoms with van der Waals surface area (Å²) in [5.74, 6) is 0. The Bertz CT molecular complexity index is 2330. The second-order valence-corrected chi connectivity index (χ2v) is 14.3. The van der Waals surface area contributed by atoms with Crippen LogP contribution in [0.1, 0.15) is 25.0 Å². The highest BCUT2D eigenvalue weighted by Crippen LogP contribution is 2.50. The first-order chi connectivity index (χ1) is 26.0. The third-order valence-corrected chi connectivity index (χ3v) is 10.6. The van der Waals surface area contributed by atoms with Crippen molar-refractivity contribution in [2.24, 2.45) is 0 Å². The molecule has 2 nitrogen and oxygen atoms in total. The van der Waals surface area contributed by atoms with E-state index in [2.05, 4.69) is 230 Å². The van der Waals surface area contributed by atoms with Crippen molar-refractivity contribution in [3.8, 4) is 33.4 Å². The molecule has 0 bridgehead atoms. The van der Waals surface area contributed by atoms with Crippen LogP contribution in [-0.4, -0.2) is 0 Å². The Kier molecular flexibility index (Phi) is 8.21. The third-order valence-electron chi connectivity index (χ3n) is 10.6. The summed E-state index contributed by atoms with van der Waals surface area (Å²) in [6.45, 7) is 4.69. The summed E-state index contributed by atoms with van der Waals surface area (Å²) in [4.78, 5) is 4.69. The molecule has 0 N–H and O–H groups in total. The topological polar surface area (TPSA) is 6.48 Å². The van der Waals surface area contributed by atoms with E-state index in [0.717, 1.165) is 45.3 Å². The first-order valence-corrected chi connectivity index (χ1v) is 18.4. The van der Waals surface area contributed by atoms with Crippen LogP contribution in [0.4, 0.5) is 34.1 Å². The van der Waals surface area contributed by atoms with E-state index in [-0.39, 0.29) is 5.41 Å². The minimum Gasteiger partial charge on any atom is -0.310 e. The van der Waals surface area contributed by atoms with Crippen molar-refractivity contribution in [1.82, 2.24) is 0 Å². The molecule has 0 radical (unpaired) electrons. The first-order valence-electron chi connectivity index (χ1n) is 18.4. The highest BCUT2D eigenvalue weighted by molar-refractivity contribution is 5.88. The monoisotopic (exact) mass is 680 g/mol. The standard InChI is InChI=1S/C51H40N2/c1-51(2)49-26-16-15-25-47(49)48-32-31-39(35-50(48)51)37-27-29-38(30-28-37)40-33-45(52(41-17-7-3-8-18-41)42-19-9-4-10-20-42)36-46(34-40)53(43-21-11-5-12-22-43)44-23-13-6-14-24-44/h3-36H,1-2H3. The Balaban J connectivity index is 1.18. The van der Waals surface area contributed by atoms with Gasteiger partial charge in [0.05, 0.1) is 0 Å². The van der Waals surface area contributed by atoms with Crippen molar-refractivity contribution in [1.29, 1.82) is 0 Å². The lowest BCUT2D eigenvalue weighted by Gasteiger charge is -2.30. The molecule has 0 saturated heterocycles. The maximum atomic E-state index is 2.40. The highest BCUT2D eigenvalue weighted by Gasteiger charge is 2.35. The zero-order valence-electron chi connectivity index (χ0n) is 30.0. The Hall–Kier alpha value is -6.64. The van der Waals surface area contributed by atoms with Crippen molar-refractivity contribution < 1.29 is 0 Å². The number of para-hydroxylation sites is 4. The molecule has 254 valence electrons. The molecule has 9 rings (SSSR count). The van der Waals surface area contributed by atoms with Crippen LogP contribution in [0.5, 0.6) is 0 Å². The summed E-state index contributed by atoms with van der Waals surface area (Å²) >= 11 is 0. The molecule has 0 amide bonds. The molecule has 0 aromatic heterocycles. The summed E-state index contributed by atoms with van der Waals surface area (Å²) in [5.41, 5.74) is 16.8. The fraction of sp³-hybridized carbons (Fsp3) is 0.0588. The average Bonchev–Trinajstić information content (AvgIpc) is 3.45. The fourth-order valence-electron chi connectivity index (χ4n) is 7.96. The Labute approximate surface area is 312 Å². The van der Waals surface area contributed by atoms with E-state index in [4.69, 9.17) is 0 Å². The van der Waals surface area contributed by atoms with Crippen LogP contribution in [0.15, 0.2) is 206 Å². The fourth-order valence-corrected chi connectivity index (χ4v) is 7.96. The zero-order chi connectivity index (χ0) is 35.8. The molecule has 1 aliphatic rings. The molecular weight excluding hydrogens is 641 g/mol. The van der Waals surface area contributed by atoms with Crippen molar-refractivity contribution in [2.75, 3.05) is 9.80 Å². The molecular formula is C51H40N2. The molecule has 1 aliphatic carbocycles. The first kappa shape index (κ1) is 32.3. The summed E-state index contributed by atoms with van der Waals surface area (Å²) < 4.78 is 0. The van der Waals surface area contributed by atoms with E-state index in [1.807, 2.05) is 0 Å². The van der Waals surface area contributed by atoms with E-state index in [1.165, 1.54) is 33.4 Å². The van der Waals surface area contributed by atoms with Gasteiger partial charge in [-0.2, -0.15) is 0 Å². The number of anilines is 6. The van der Waals surface area contributed by atoms with Gasteiger partial charge in [-0.05, 0) is 117 Å². The van der Waals surface area contributed by atoms with Crippen molar-refractivity contribution in [2.45, 2.75) is 19.3 Å². The number of rotatable bonds is 8. The predicted octanol–water partition coefficient (Wildman–Crippen LogP) is 14.3. The van der Waals surface area contributed by atoms with Crippen LogP contribution < -0.4 is 9.80 Å². The van der Waals surface area contributed by atoms with Gasteiger partial charge in [-0.1, -0.05) is 147 Å². The molecule has 0 spiro atoms. The Morgan fingerprint density at radius 1 is 0.283 bits per heavy atom. The minimum atomic E-state index is -0.0362. The van der Waals surface area contributed by atoms with E-state index in [0.29, 0.717) is 0 Å². The van der Waals surface area contributed by atoms with Crippen LogP contribution in [0.2, 0.25) is 0 Å². The SMILES string of the molecule is CC1(C)c2ccccc2-c2ccc(-c3ccc(-c4cc(N(c5ccccc5)c5ccccc5)cc(N(c5ccccc5)c5ccccc5)c4)cc3)cc21.